The van der Waals surface area contributed by atoms with Gasteiger partial charge in [0.2, 0.25) is 26.0 Å². The van der Waals surface area contributed by atoms with Gasteiger partial charge in [0, 0.05) is 12.7 Å². The molecule has 0 saturated carbocycles. The SMILES string of the molecule is CNS(=O)(=O)c1ccc(C)c(NC(=O)CN(C)S(=O)(=O)c2ccc(OC)cc2)c1. The van der Waals surface area contributed by atoms with Gasteiger partial charge in [0.15, 0.2) is 0 Å². The highest BCUT2D eigenvalue weighted by atomic mass is 32.2. The molecule has 0 atom stereocenters. The Balaban J connectivity index is 2.17. The number of carbonyl (C=O) groups is 1. The summed E-state index contributed by atoms with van der Waals surface area (Å²) < 4.78 is 57.3. The van der Waals surface area contributed by atoms with Gasteiger partial charge in [-0.3, -0.25) is 4.79 Å². The van der Waals surface area contributed by atoms with Gasteiger partial charge in [-0.15, -0.1) is 0 Å². The van der Waals surface area contributed by atoms with Crippen LogP contribution >= 0.6 is 0 Å². The van der Waals surface area contributed by atoms with E-state index in [0.29, 0.717) is 11.3 Å². The molecular weight excluding hydrogens is 418 g/mol. The number of hydrogen-bond donors (Lipinski definition) is 2. The maximum atomic E-state index is 12.6. The summed E-state index contributed by atoms with van der Waals surface area (Å²) in [4.78, 5) is 12.4. The second-order valence-electron chi connectivity index (χ2n) is 6.17. The van der Waals surface area contributed by atoms with Crippen molar-refractivity contribution in [3.05, 3.63) is 48.0 Å². The van der Waals surface area contributed by atoms with E-state index in [4.69, 9.17) is 4.74 Å². The first-order chi connectivity index (χ1) is 13.5. The zero-order valence-electron chi connectivity index (χ0n) is 16.5. The van der Waals surface area contributed by atoms with Crippen LogP contribution in [0.5, 0.6) is 5.75 Å². The Morgan fingerprint density at radius 1 is 1.03 bits per heavy atom. The van der Waals surface area contributed by atoms with Crippen molar-refractivity contribution in [2.45, 2.75) is 16.7 Å². The van der Waals surface area contributed by atoms with Gasteiger partial charge in [-0.2, -0.15) is 4.31 Å². The molecule has 0 aromatic heterocycles. The first kappa shape index (κ1) is 22.8. The molecule has 158 valence electrons. The monoisotopic (exact) mass is 441 g/mol. The molecule has 9 nitrogen and oxygen atoms in total. The molecule has 2 aromatic rings. The summed E-state index contributed by atoms with van der Waals surface area (Å²) in [6.45, 7) is 1.25. The van der Waals surface area contributed by atoms with Gasteiger partial charge < -0.3 is 10.1 Å². The molecular formula is C18H23N3O6S2. The van der Waals surface area contributed by atoms with Crippen molar-refractivity contribution >= 4 is 31.6 Å². The zero-order valence-corrected chi connectivity index (χ0v) is 18.1. The minimum Gasteiger partial charge on any atom is -0.497 e. The Hall–Kier alpha value is -2.47. The predicted octanol–water partition coefficient (Wildman–Crippen LogP) is 1.17. The van der Waals surface area contributed by atoms with E-state index >= 15 is 0 Å². The lowest BCUT2D eigenvalue weighted by Crippen LogP contribution is -2.35. The van der Waals surface area contributed by atoms with Crippen LogP contribution in [0.1, 0.15) is 5.56 Å². The second kappa shape index (κ2) is 8.91. The summed E-state index contributed by atoms with van der Waals surface area (Å²) >= 11 is 0. The van der Waals surface area contributed by atoms with E-state index in [1.807, 2.05) is 0 Å². The normalized spacial score (nSPS) is 12.0. The fraction of sp³-hybridized carbons (Fsp3) is 0.278. The molecule has 29 heavy (non-hydrogen) atoms. The summed E-state index contributed by atoms with van der Waals surface area (Å²) in [6.07, 6.45) is 0. The van der Waals surface area contributed by atoms with E-state index in [0.717, 1.165) is 4.31 Å². The molecule has 0 aliphatic carbocycles. The van der Waals surface area contributed by atoms with Gasteiger partial charge in [0.25, 0.3) is 0 Å². The number of hydrogen-bond acceptors (Lipinski definition) is 6. The number of ether oxygens (including phenoxy) is 1. The lowest BCUT2D eigenvalue weighted by Gasteiger charge is -2.18. The van der Waals surface area contributed by atoms with Gasteiger partial charge in [-0.25, -0.2) is 21.6 Å². The molecule has 2 N–H and O–H groups in total. The number of benzene rings is 2. The van der Waals surface area contributed by atoms with Gasteiger partial charge in [0.1, 0.15) is 5.75 Å². The second-order valence-corrected chi connectivity index (χ2v) is 10.1. The fourth-order valence-electron chi connectivity index (χ4n) is 2.43. The summed E-state index contributed by atoms with van der Waals surface area (Å²) in [7, 11) is -3.52. The van der Waals surface area contributed by atoms with Crippen LogP contribution in [0, 0.1) is 6.92 Å². The molecule has 0 fully saturated rings. The van der Waals surface area contributed by atoms with E-state index in [1.165, 1.54) is 57.6 Å². The first-order valence-electron chi connectivity index (χ1n) is 8.45. The number of carbonyl (C=O) groups excluding carboxylic acids is 1. The fourth-order valence-corrected chi connectivity index (χ4v) is 4.31. The highest BCUT2D eigenvalue weighted by Crippen LogP contribution is 2.21. The maximum Gasteiger partial charge on any atom is 0.243 e. The lowest BCUT2D eigenvalue weighted by atomic mass is 10.2. The molecule has 2 rings (SSSR count). The number of aryl methyl sites for hydroxylation is 1. The molecule has 2 aromatic carbocycles. The largest absolute Gasteiger partial charge is 0.497 e. The Kier molecular flexibility index (Phi) is 7.01. The molecule has 1 amide bonds. The van der Waals surface area contributed by atoms with Crippen LogP contribution in [0.3, 0.4) is 0 Å². The minimum absolute atomic E-state index is 0.0138. The Labute approximate surface area is 170 Å². The van der Waals surface area contributed by atoms with Crippen molar-refractivity contribution in [3.8, 4) is 5.75 Å². The number of methoxy groups -OCH3 is 1. The topological polar surface area (TPSA) is 122 Å². The maximum absolute atomic E-state index is 12.6. The third kappa shape index (κ3) is 5.32. The predicted molar refractivity (Wildman–Crippen MR) is 109 cm³/mol. The standard InChI is InChI=1S/C18H23N3O6S2/c1-13-5-8-16(28(23,24)19-2)11-17(13)20-18(22)12-21(3)29(25,26)15-9-6-14(27-4)7-10-15/h5-11,19H,12H2,1-4H3,(H,20,22). The quantitative estimate of drug-likeness (QED) is 0.634. The molecule has 0 spiro atoms. The van der Waals surface area contributed by atoms with E-state index in [2.05, 4.69) is 10.0 Å². The van der Waals surface area contributed by atoms with Crippen LogP contribution in [-0.2, 0) is 24.8 Å². The highest BCUT2D eigenvalue weighted by molar-refractivity contribution is 7.89. The van der Waals surface area contributed by atoms with E-state index in [9.17, 15) is 21.6 Å². The third-order valence-electron chi connectivity index (χ3n) is 4.20. The molecule has 0 heterocycles. The molecule has 0 bridgehead atoms. The number of anilines is 1. The first-order valence-corrected chi connectivity index (χ1v) is 11.4. The lowest BCUT2D eigenvalue weighted by molar-refractivity contribution is -0.116. The van der Waals surface area contributed by atoms with E-state index in [-0.39, 0.29) is 15.5 Å². The Morgan fingerprint density at radius 2 is 1.62 bits per heavy atom. The van der Waals surface area contributed by atoms with Crippen LogP contribution < -0.4 is 14.8 Å². The Morgan fingerprint density at radius 3 is 2.17 bits per heavy atom. The number of amides is 1. The number of sulfonamides is 2. The van der Waals surface area contributed by atoms with Crippen LogP contribution in [0.2, 0.25) is 0 Å². The molecule has 0 saturated heterocycles. The van der Waals surface area contributed by atoms with Crippen molar-refractivity contribution in [3.63, 3.8) is 0 Å². The van der Waals surface area contributed by atoms with Crippen molar-refractivity contribution in [1.29, 1.82) is 0 Å². The summed E-state index contributed by atoms with van der Waals surface area (Å²) in [6, 6.07) is 10.1. The van der Waals surface area contributed by atoms with Crippen molar-refractivity contribution in [2.24, 2.45) is 0 Å². The van der Waals surface area contributed by atoms with Crippen molar-refractivity contribution in [2.75, 3.05) is 33.1 Å². The van der Waals surface area contributed by atoms with Gasteiger partial charge >= 0.3 is 0 Å². The number of nitrogens with one attached hydrogen (secondary N) is 2. The number of nitrogens with zero attached hydrogens (tertiary/aromatic N) is 1. The zero-order chi connectivity index (χ0) is 21.8. The van der Waals surface area contributed by atoms with Crippen LogP contribution in [0.15, 0.2) is 52.3 Å². The van der Waals surface area contributed by atoms with Gasteiger partial charge in [0.05, 0.1) is 23.4 Å². The Bertz CT molecular complexity index is 1100. The average molecular weight is 442 g/mol. The number of likely N-dealkylation sites (N-methyl/N-ethyl adjacent to an activating group) is 1. The van der Waals surface area contributed by atoms with E-state index < -0.39 is 32.5 Å². The van der Waals surface area contributed by atoms with Gasteiger partial charge in [-0.05, 0) is 55.9 Å². The molecule has 11 heteroatoms. The summed E-state index contributed by atoms with van der Waals surface area (Å²) in [5, 5.41) is 2.56. The van der Waals surface area contributed by atoms with Crippen molar-refractivity contribution in [1.82, 2.24) is 9.03 Å². The van der Waals surface area contributed by atoms with Crippen LogP contribution in [-0.4, -0.2) is 54.8 Å². The van der Waals surface area contributed by atoms with Gasteiger partial charge in [-0.1, -0.05) is 6.07 Å². The highest BCUT2D eigenvalue weighted by Gasteiger charge is 2.23. The molecule has 0 unspecified atom stereocenters. The number of rotatable bonds is 8. The summed E-state index contributed by atoms with van der Waals surface area (Å²) in [5.41, 5.74) is 0.913. The third-order valence-corrected chi connectivity index (χ3v) is 7.43. The summed E-state index contributed by atoms with van der Waals surface area (Å²) in [5.74, 6) is -0.0945. The van der Waals surface area contributed by atoms with E-state index in [1.54, 1.807) is 13.0 Å². The smallest absolute Gasteiger partial charge is 0.243 e. The van der Waals surface area contributed by atoms with Crippen LogP contribution in [0.25, 0.3) is 0 Å². The average Bonchev–Trinajstić information content (AvgIpc) is 2.69. The molecule has 0 aliphatic heterocycles. The minimum atomic E-state index is -3.89. The van der Waals surface area contributed by atoms with Crippen LogP contribution in [0.4, 0.5) is 5.69 Å². The van der Waals surface area contributed by atoms with Crippen molar-refractivity contribution < 1.29 is 26.4 Å². The molecule has 0 aliphatic rings. The molecule has 0 radical (unpaired) electrons.